The smallest absolute Gasteiger partial charge is 0.356 e. The second-order valence-corrected chi connectivity index (χ2v) is 4.57. The standard InChI is InChI=1S/C13H16F3NO/c1-9(2)8-17-12(18)7-10-4-3-5-11(6-10)13(14,15)16/h3-6,9H,7-8H2,1-2H3,(H,17,18). The van der Waals surface area contributed by atoms with Gasteiger partial charge in [0.05, 0.1) is 12.0 Å². The number of carbonyl (C=O) groups excluding carboxylic acids is 1. The summed E-state index contributed by atoms with van der Waals surface area (Å²) < 4.78 is 37.4. The zero-order chi connectivity index (χ0) is 13.8. The molecular weight excluding hydrogens is 243 g/mol. The van der Waals surface area contributed by atoms with E-state index in [0.29, 0.717) is 18.0 Å². The summed E-state index contributed by atoms with van der Waals surface area (Å²) in [6, 6.07) is 4.84. The molecule has 1 N–H and O–H groups in total. The highest BCUT2D eigenvalue weighted by atomic mass is 19.4. The number of halogens is 3. The minimum absolute atomic E-state index is 0.0311. The molecule has 0 fully saturated rings. The molecule has 0 saturated carbocycles. The van der Waals surface area contributed by atoms with Gasteiger partial charge in [-0.25, -0.2) is 0 Å². The van der Waals surface area contributed by atoms with E-state index in [1.54, 1.807) is 0 Å². The lowest BCUT2D eigenvalue weighted by atomic mass is 10.1. The number of alkyl halides is 3. The Balaban J connectivity index is 2.65. The van der Waals surface area contributed by atoms with Crippen molar-refractivity contribution in [1.29, 1.82) is 0 Å². The third kappa shape index (κ3) is 4.77. The molecule has 0 saturated heterocycles. The second kappa shape index (κ2) is 5.89. The van der Waals surface area contributed by atoms with Crippen molar-refractivity contribution in [1.82, 2.24) is 5.32 Å². The van der Waals surface area contributed by atoms with Crippen LogP contribution in [0.25, 0.3) is 0 Å². The minimum Gasteiger partial charge on any atom is -0.356 e. The van der Waals surface area contributed by atoms with Gasteiger partial charge in [0.1, 0.15) is 0 Å². The lowest BCUT2D eigenvalue weighted by molar-refractivity contribution is -0.137. The number of hydrogen-bond donors (Lipinski definition) is 1. The zero-order valence-electron chi connectivity index (χ0n) is 10.3. The molecule has 1 amide bonds. The zero-order valence-corrected chi connectivity index (χ0v) is 10.3. The molecule has 0 spiro atoms. The van der Waals surface area contributed by atoms with Gasteiger partial charge < -0.3 is 5.32 Å². The van der Waals surface area contributed by atoms with Crippen molar-refractivity contribution in [2.45, 2.75) is 26.4 Å². The molecule has 0 aliphatic carbocycles. The number of amides is 1. The molecule has 0 aliphatic heterocycles. The van der Waals surface area contributed by atoms with Gasteiger partial charge in [-0.1, -0.05) is 32.0 Å². The summed E-state index contributed by atoms with van der Waals surface area (Å²) in [5.74, 6) is 0.0542. The van der Waals surface area contributed by atoms with Crippen LogP contribution in [0.5, 0.6) is 0 Å². The Morgan fingerprint density at radius 2 is 2.00 bits per heavy atom. The Morgan fingerprint density at radius 1 is 1.33 bits per heavy atom. The second-order valence-electron chi connectivity index (χ2n) is 4.57. The summed E-state index contributed by atoms with van der Waals surface area (Å²) in [6.45, 7) is 4.42. The summed E-state index contributed by atoms with van der Waals surface area (Å²) in [5, 5.41) is 2.67. The Bertz CT molecular complexity index is 413. The van der Waals surface area contributed by atoms with Gasteiger partial charge >= 0.3 is 6.18 Å². The maximum atomic E-state index is 12.5. The van der Waals surface area contributed by atoms with Gasteiger partial charge in [0.15, 0.2) is 0 Å². The first kappa shape index (κ1) is 14.5. The first-order chi connectivity index (χ1) is 8.29. The maximum Gasteiger partial charge on any atom is 0.416 e. The van der Waals surface area contributed by atoms with Crippen molar-refractivity contribution in [3.05, 3.63) is 35.4 Å². The average Bonchev–Trinajstić information content (AvgIpc) is 2.25. The Kier molecular flexibility index (Phi) is 4.76. The van der Waals surface area contributed by atoms with E-state index in [9.17, 15) is 18.0 Å². The van der Waals surface area contributed by atoms with Crippen LogP contribution in [0.4, 0.5) is 13.2 Å². The highest BCUT2D eigenvalue weighted by Crippen LogP contribution is 2.29. The molecule has 0 radical (unpaired) electrons. The predicted molar refractivity (Wildman–Crippen MR) is 63.0 cm³/mol. The molecule has 0 heterocycles. The van der Waals surface area contributed by atoms with Crippen LogP contribution in [0.2, 0.25) is 0 Å². The van der Waals surface area contributed by atoms with Crippen LogP contribution in [-0.2, 0) is 17.4 Å². The summed E-state index contributed by atoms with van der Waals surface area (Å²) in [6.07, 6.45) is -4.40. The molecule has 0 aromatic heterocycles. The van der Waals surface area contributed by atoms with Crippen LogP contribution in [0, 0.1) is 5.92 Å². The molecule has 0 aliphatic rings. The van der Waals surface area contributed by atoms with Crippen LogP contribution >= 0.6 is 0 Å². The molecule has 0 bridgehead atoms. The Labute approximate surface area is 104 Å². The van der Waals surface area contributed by atoms with Gasteiger partial charge in [-0.15, -0.1) is 0 Å². The predicted octanol–water partition coefficient (Wildman–Crippen LogP) is 3.02. The first-order valence-corrected chi connectivity index (χ1v) is 5.72. The first-order valence-electron chi connectivity index (χ1n) is 5.72. The fourth-order valence-electron chi connectivity index (χ4n) is 1.42. The third-order valence-corrected chi connectivity index (χ3v) is 2.33. The van der Waals surface area contributed by atoms with Crippen LogP contribution in [-0.4, -0.2) is 12.5 Å². The summed E-state index contributed by atoms with van der Waals surface area (Å²) in [7, 11) is 0. The van der Waals surface area contributed by atoms with Gasteiger partial charge in [0, 0.05) is 6.54 Å². The molecular formula is C13H16F3NO. The van der Waals surface area contributed by atoms with E-state index in [-0.39, 0.29) is 12.3 Å². The fourth-order valence-corrected chi connectivity index (χ4v) is 1.42. The highest BCUT2D eigenvalue weighted by Gasteiger charge is 2.30. The van der Waals surface area contributed by atoms with Gasteiger partial charge in [-0.05, 0) is 17.5 Å². The Morgan fingerprint density at radius 3 is 2.56 bits per heavy atom. The Hall–Kier alpha value is -1.52. The van der Waals surface area contributed by atoms with Crippen molar-refractivity contribution >= 4 is 5.91 Å². The quantitative estimate of drug-likeness (QED) is 0.884. The summed E-state index contributed by atoms with van der Waals surface area (Å²) in [4.78, 5) is 11.5. The SMILES string of the molecule is CC(C)CNC(=O)Cc1cccc(C(F)(F)F)c1. The molecule has 0 atom stereocenters. The number of carbonyl (C=O) groups is 1. The van der Waals surface area contributed by atoms with Crippen LogP contribution in [0.3, 0.4) is 0 Å². The molecule has 100 valence electrons. The molecule has 2 nitrogen and oxygen atoms in total. The molecule has 1 aromatic carbocycles. The largest absolute Gasteiger partial charge is 0.416 e. The lowest BCUT2D eigenvalue weighted by Gasteiger charge is -2.10. The molecule has 1 aromatic rings. The van der Waals surface area contributed by atoms with E-state index in [4.69, 9.17) is 0 Å². The average molecular weight is 259 g/mol. The molecule has 18 heavy (non-hydrogen) atoms. The summed E-state index contributed by atoms with van der Waals surface area (Å²) in [5.41, 5.74) is -0.359. The third-order valence-electron chi connectivity index (χ3n) is 2.33. The van der Waals surface area contributed by atoms with Crippen molar-refractivity contribution in [3.8, 4) is 0 Å². The highest BCUT2D eigenvalue weighted by molar-refractivity contribution is 5.78. The number of rotatable bonds is 4. The van der Waals surface area contributed by atoms with Gasteiger partial charge in [-0.3, -0.25) is 4.79 Å². The minimum atomic E-state index is -4.37. The fraction of sp³-hybridized carbons (Fsp3) is 0.462. The van der Waals surface area contributed by atoms with Crippen molar-refractivity contribution in [3.63, 3.8) is 0 Å². The van der Waals surface area contributed by atoms with Crippen molar-refractivity contribution in [2.24, 2.45) is 5.92 Å². The number of nitrogens with one attached hydrogen (secondary N) is 1. The van der Waals surface area contributed by atoms with Crippen molar-refractivity contribution in [2.75, 3.05) is 6.54 Å². The maximum absolute atomic E-state index is 12.5. The van der Waals surface area contributed by atoms with E-state index in [1.807, 2.05) is 13.8 Å². The van der Waals surface area contributed by atoms with Crippen LogP contribution < -0.4 is 5.32 Å². The normalized spacial score (nSPS) is 11.7. The van der Waals surface area contributed by atoms with E-state index in [2.05, 4.69) is 5.32 Å². The summed E-state index contributed by atoms with van der Waals surface area (Å²) >= 11 is 0. The van der Waals surface area contributed by atoms with E-state index in [0.717, 1.165) is 12.1 Å². The van der Waals surface area contributed by atoms with E-state index < -0.39 is 11.7 Å². The lowest BCUT2D eigenvalue weighted by Crippen LogP contribution is -2.28. The number of hydrogen-bond acceptors (Lipinski definition) is 1. The topological polar surface area (TPSA) is 29.1 Å². The van der Waals surface area contributed by atoms with Crippen LogP contribution in [0.15, 0.2) is 24.3 Å². The molecule has 0 unspecified atom stereocenters. The van der Waals surface area contributed by atoms with E-state index in [1.165, 1.54) is 12.1 Å². The van der Waals surface area contributed by atoms with Crippen molar-refractivity contribution < 1.29 is 18.0 Å². The number of benzene rings is 1. The molecule has 1 rings (SSSR count). The van der Waals surface area contributed by atoms with Gasteiger partial charge in [-0.2, -0.15) is 13.2 Å². The van der Waals surface area contributed by atoms with E-state index >= 15 is 0 Å². The molecule has 5 heteroatoms. The van der Waals surface area contributed by atoms with Gasteiger partial charge in [0.2, 0.25) is 5.91 Å². The monoisotopic (exact) mass is 259 g/mol. The van der Waals surface area contributed by atoms with Gasteiger partial charge in [0.25, 0.3) is 0 Å². The van der Waals surface area contributed by atoms with Crippen LogP contribution in [0.1, 0.15) is 25.0 Å².